The molecule has 0 saturated carbocycles. The van der Waals surface area contributed by atoms with E-state index >= 15 is 0 Å². The molecular formula is C22H20N4O6. The molecule has 1 fully saturated rings. The minimum Gasteiger partial charge on any atom is -0.478 e. The van der Waals surface area contributed by atoms with Gasteiger partial charge in [-0.1, -0.05) is 12.1 Å². The number of hydrogen-bond acceptors (Lipinski definition) is 7. The first kappa shape index (κ1) is 21.2. The molecule has 2 aliphatic heterocycles. The van der Waals surface area contributed by atoms with Crippen molar-refractivity contribution in [3.05, 3.63) is 69.3 Å². The number of hydrazone groups is 1. The van der Waals surface area contributed by atoms with Crippen LogP contribution in [0, 0.1) is 10.1 Å². The van der Waals surface area contributed by atoms with Gasteiger partial charge in [-0.25, -0.2) is 4.79 Å². The molecule has 32 heavy (non-hydrogen) atoms. The standard InChI is InChI=1S/C22H20N4O6/c1-14-18(21(27)25(23-14)17-4-2-3-16(13-17)22(28)29)11-15-5-6-19(20(12-15)26(30)31)24-7-9-32-10-8-24/h2-6,11-13H,7-10H2,1H3,(H,28,29)/b18-11-. The number of rotatable bonds is 5. The van der Waals surface area contributed by atoms with Crippen LogP contribution in [-0.2, 0) is 9.53 Å². The summed E-state index contributed by atoms with van der Waals surface area (Å²) >= 11 is 0. The Morgan fingerprint density at radius 3 is 2.66 bits per heavy atom. The molecule has 164 valence electrons. The minimum atomic E-state index is -1.11. The number of nitrogens with zero attached hydrogens (tertiary/aromatic N) is 4. The average Bonchev–Trinajstić information content (AvgIpc) is 3.08. The molecule has 4 rings (SSSR count). The Hall–Kier alpha value is -4.05. The number of carboxylic acids is 1. The third-order valence-corrected chi connectivity index (χ3v) is 5.26. The molecule has 0 aliphatic carbocycles. The highest BCUT2D eigenvalue weighted by Crippen LogP contribution is 2.32. The summed E-state index contributed by atoms with van der Waals surface area (Å²) in [4.78, 5) is 37.4. The summed E-state index contributed by atoms with van der Waals surface area (Å²) in [6.07, 6.45) is 1.55. The van der Waals surface area contributed by atoms with E-state index in [1.165, 1.54) is 24.3 Å². The van der Waals surface area contributed by atoms with Crippen LogP contribution in [0.3, 0.4) is 0 Å². The average molecular weight is 436 g/mol. The third kappa shape index (κ3) is 4.08. The predicted molar refractivity (Wildman–Crippen MR) is 118 cm³/mol. The lowest BCUT2D eigenvalue weighted by molar-refractivity contribution is -0.384. The number of carbonyl (C=O) groups is 2. The molecule has 2 aromatic carbocycles. The molecule has 0 atom stereocenters. The monoisotopic (exact) mass is 436 g/mol. The van der Waals surface area contributed by atoms with Crippen LogP contribution in [-0.4, -0.2) is 53.9 Å². The summed E-state index contributed by atoms with van der Waals surface area (Å²) in [6, 6.07) is 10.7. The van der Waals surface area contributed by atoms with Gasteiger partial charge in [0, 0.05) is 19.2 Å². The zero-order chi connectivity index (χ0) is 22.8. The number of morpholine rings is 1. The molecule has 0 aromatic heterocycles. The van der Waals surface area contributed by atoms with Crippen LogP contribution >= 0.6 is 0 Å². The zero-order valence-electron chi connectivity index (χ0n) is 17.2. The molecule has 2 aliphatic rings. The van der Waals surface area contributed by atoms with Gasteiger partial charge in [-0.2, -0.15) is 10.1 Å². The largest absolute Gasteiger partial charge is 0.478 e. The first-order valence-corrected chi connectivity index (χ1v) is 9.91. The Morgan fingerprint density at radius 2 is 1.97 bits per heavy atom. The van der Waals surface area contributed by atoms with Crippen molar-refractivity contribution in [3.8, 4) is 0 Å². The highest BCUT2D eigenvalue weighted by molar-refractivity contribution is 6.32. The van der Waals surface area contributed by atoms with E-state index in [9.17, 15) is 24.8 Å². The Kier molecular flexibility index (Phi) is 5.69. The maximum atomic E-state index is 13.0. The molecular weight excluding hydrogens is 416 g/mol. The SMILES string of the molecule is CC1=NN(c2cccc(C(=O)O)c2)C(=O)/C1=C\c1ccc(N2CCOCC2)c([N+](=O)[O-])c1. The lowest BCUT2D eigenvalue weighted by atomic mass is 10.1. The number of carbonyl (C=O) groups excluding carboxylic acids is 1. The highest BCUT2D eigenvalue weighted by Gasteiger charge is 2.29. The molecule has 0 radical (unpaired) electrons. The number of benzene rings is 2. The van der Waals surface area contributed by atoms with Crippen LogP contribution in [0.2, 0.25) is 0 Å². The number of aromatic carboxylic acids is 1. The van der Waals surface area contributed by atoms with Crippen LogP contribution in [0.15, 0.2) is 53.1 Å². The van der Waals surface area contributed by atoms with Gasteiger partial charge >= 0.3 is 5.97 Å². The van der Waals surface area contributed by atoms with E-state index in [0.29, 0.717) is 49.0 Å². The smallest absolute Gasteiger partial charge is 0.335 e. The van der Waals surface area contributed by atoms with Crippen LogP contribution in [0.1, 0.15) is 22.8 Å². The molecule has 1 N–H and O–H groups in total. The predicted octanol–water partition coefficient (Wildman–Crippen LogP) is 2.94. The van der Waals surface area contributed by atoms with Crippen molar-refractivity contribution in [1.29, 1.82) is 0 Å². The summed E-state index contributed by atoms with van der Waals surface area (Å²) in [6.45, 7) is 3.80. The molecule has 0 bridgehead atoms. The molecule has 0 spiro atoms. The molecule has 10 heteroatoms. The second-order valence-electron chi connectivity index (χ2n) is 7.32. The fourth-order valence-electron chi connectivity index (χ4n) is 3.64. The Bertz CT molecular complexity index is 1170. The lowest BCUT2D eigenvalue weighted by Crippen LogP contribution is -2.36. The number of nitro benzene ring substituents is 1. The number of nitro groups is 1. The number of ether oxygens (including phenoxy) is 1. The van der Waals surface area contributed by atoms with Crippen molar-refractivity contribution in [1.82, 2.24) is 0 Å². The third-order valence-electron chi connectivity index (χ3n) is 5.26. The number of hydrogen-bond donors (Lipinski definition) is 1. The van der Waals surface area contributed by atoms with Crippen molar-refractivity contribution in [3.63, 3.8) is 0 Å². The molecule has 2 heterocycles. The summed E-state index contributed by atoms with van der Waals surface area (Å²) < 4.78 is 5.32. The molecule has 0 unspecified atom stereocenters. The van der Waals surface area contributed by atoms with Gasteiger partial charge in [-0.05, 0) is 42.8 Å². The maximum absolute atomic E-state index is 13.0. The first-order valence-electron chi connectivity index (χ1n) is 9.91. The summed E-state index contributed by atoms with van der Waals surface area (Å²) in [5.41, 5.74) is 2.02. The minimum absolute atomic E-state index is 0.0370. The Balaban J connectivity index is 1.65. The molecule has 1 amide bonds. The van der Waals surface area contributed by atoms with Gasteiger partial charge in [0.05, 0.1) is 40.7 Å². The topological polar surface area (TPSA) is 126 Å². The summed E-state index contributed by atoms with van der Waals surface area (Å²) in [7, 11) is 0. The fourth-order valence-corrected chi connectivity index (χ4v) is 3.64. The lowest BCUT2D eigenvalue weighted by Gasteiger charge is -2.28. The van der Waals surface area contributed by atoms with Crippen molar-refractivity contribution >= 4 is 40.7 Å². The van der Waals surface area contributed by atoms with Crippen LogP contribution in [0.25, 0.3) is 6.08 Å². The summed E-state index contributed by atoms with van der Waals surface area (Å²) in [5.74, 6) is -1.55. The van der Waals surface area contributed by atoms with Crippen molar-refractivity contribution < 1.29 is 24.4 Å². The van der Waals surface area contributed by atoms with Gasteiger partial charge < -0.3 is 14.7 Å². The fraction of sp³-hybridized carbons (Fsp3) is 0.227. The second-order valence-corrected chi connectivity index (χ2v) is 7.32. The van der Waals surface area contributed by atoms with Gasteiger partial charge in [0.2, 0.25) is 0 Å². The van der Waals surface area contributed by atoms with E-state index in [0.717, 1.165) is 5.01 Å². The van der Waals surface area contributed by atoms with Gasteiger partial charge in [0.1, 0.15) is 5.69 Å². The molecule has 1 saturated heterocycles. The van der Waals surface area contributed by atoms with E-state index in [1.54, 1.807) is 31.2 Å². The van der Waals surface area contributed by atoms with Crippen LogP contribution in [0.4, 0.5) is 17.1 Å². The van der Waals surface area contributed by atoms with E-state index in [2.05, 4.69) is 5.10 Å². The van der Waals surface area contributed by atoms with Crippen LogP contribution in [0.5, 0.6) is 0 Å². The maximum Gasteiger partial charge on any atom is 0.335 e. The van der Waals surface area contributed by atoms with Crippen molar-refractivity contribution in [2.45, 2.75) is 6.92 Å². The zero-order valence-corrected chi connectivity index (χ0v) is 17.2. The van der Waals surface area contributed by atoms with Gasteiger partial charge in [-0.15, -0.1) is 0 Å². The number of carboxylic acid groups (broad SMARTS) is 1. The van der Waals surface area contributed by atoms with Crippen molar-refractivity contribution in [2.75, 3.05) is 36.2 Å². The van der Waals surface area contributed by atoms with Gasteiger partial charge in [0.25, 0.3) is 11.6 Å². The van der Waals surface area contributed by atoms with Crippen molar-refractivity contribution in [2.24, 2.45) is 5.10 Å². The molecule has 10 nitrogen and oxygen atoms in total. The van der Waals surface area contributed by atoms with Gasteiger partial charge in [-0.3, -0.25) is 14.9 Å². The Morgan fingerprint density at radius 1 is 1.22 bits per heavy atom. The van der Waals surface area contributed by atoms with Crippen LogP contribution < -0.4 is 9.91 Å². The number of amides is 1. The quantitative estimate of drug-likeness (QED) is 0.434. The Labute approximate surface area is 183 Å². The van der Waals surface area contributed by atoms with E-state index in [1.807, 2.05) is 4.90 Å². The summed E-state index contributed by atoms with van der Waals surface area (Å²) in [5, 5.41) is 26.3. The second kappa shape index (κ2) is 8.60. The van der Waals surface area contributed by atoms with E-state index in [-0.39, 0.29) is 16.8 Å². The van der Waals surface area contributed by atoms with E-state index < -0.39 is 16.8 Å². The van der Waals surface area contributed by atoms with Gasteiger partial charge in [0.15, 0.2) is 0 Å². The normalized spacial score (nSPS) is 17.6. The number of anilines is 2. The van der Waals surface area contributed by atoms with E-state index in [4.69, 9.17) is 4.74 Å². The highest BCUT2D eigenvalue weighted by atomic mass is 16.6. The molecule has 2 aromatic rings. The first-order chi connectivity index (χ1) is 15.3.